The number of aliphatic hydroxyl groups excluding tert-OH is 1. The molecular formula is C87H146O17P2. The molecule has 0 saturated heterocycles. The molecule has 0 aromatic heterocycles. The van der Waals surface area contributed by atoms with Crippen LogP contribution in [-0.4, -0.2) is 96.7 Å². The lowest BCUT2D eigenvalue weighted by Gasteiger charge is -2.21. The van der Waals surface area contributed by atoms with Gasteiger partial charge in [-0.3, -0.25) is 37.3 Å². The molecule has 0 aromatic carbocycles. The number of esters is 4. The molecule has 0 amide bonds. The number of phosphoric acid groups is 2. The van der Waals surface area contributed by atoms with Gasteiger partial charge in [0.05, 0.1) is 26.4 Å². The van der Waals surface area contributed by atoms with E-state index < -0.39 is 97.5 Å². The van der Waals surface area contributed by atoms with Crippen molar-refractivity contribution in [2.45, 2.75) is 341 Å². The standard InChI is InChI=1S/C87H146O17P2/c1-5-9-13-17-21-25-29-33-37-39-40-42-46-50-54-58-62-66-70-74-87(92)104-83(78-98-85(90)72-68-64-60-56-52-48-44-36-32-28-24-20-16-12-8-4)80-102-106(95,96)100-76-81(88)75-99-105(93,94)101-79-82(77-97-84(89)71-67-63-59-55-51-47-43-35-31-27-23-19-15-11-7-3)103-86(91)73-69-65-61-57-53-49-45-41-38-34-30-26-22-18-14-10-6-2/h9,13,21-22,25-26,28,32-35,37-38,40,42-43,45,49-50,54,57,61-62,66,81-83,88H,5-8,10-12,14-20,23-24,27,29-31,36,39,41,44,46-48,51-53,55-56,58-60,63-65,67-80H2,1-4H3,(H,93,94)(H,95,96)/b13-9-,25-21-,26-22-,32-28-,37-33-,38-34-,42-40-,43-35-,49-45-,54-50-,61-57-,66-62-/t81-,82-,83-/m1/s1. The highest BCUT2D eigenvalue weighted by Crippen LogP contribution is 2.45. The molecule has 3 N–H and O–H groups in total. The van der Waals surface area contributed by atoms with Crippen LogP contribution in [0, 0.1) is 0 Å². The second-order valence-corrected chi connectivity index (χ2v) is 29.9. The Morgan fingerprint density at radius 2 is 0.519 bits per heavy atom. The van der Waals surface area contributed by atoms with E-state index in [0.717, 1.165) is 148 Å². The van der Waals surface area contributed by atoms with Crippen molar-refractivity contribution in [1.82, 2.24) is 0 Å². The summed E-state index contributed by atoms with van der Waals surface area (Å²) in [6.07, 6.45) is 89.9. The molecule has 0 aliphatic heterocycles. The molecule has 19 heteroatoms. The average Bonchev–Trinajstić information content (AvgIpc) is 0.906. The Kier molecular flexibility index (Phi) is 74.3. The fourth-order valence-corrected chi connectivity index (χ4v) is 12.1. The van der Waals surface area contributed by atoms with Crippen molar-refractivity contribution in [1.29, 1.82) is 0 Å². The number of unbranched alkanes of at least 4 members (excludes halogenated alkanes) is 26. The number of rotatable bonds is 76. The van der Waals surface area contributed by atoms with E-state index in [1.807, 2.05) is 30.4 Å². The van der Waals surface area contributed by atoms with Crippen LogP contribution in [0.3, 0.4) is 0 Å². The van der Waals surface area contributed by atoms with Crippen LogP contribution in [0.5, 0.6) is 0 Å². The van der Waals surface area contributed by atoms with E-state index in [2.05, 4.69) is 143 Å². The van der Waals surface area contributed by atoms with Gasteiger partial charge < -0.3 is 33.8 Å². The van der Waals surface area contributed by atoms with Gasteiger partial charge in [-0.2, -0.15) is 0 Å². The molecule has 17 nitrogen and oxygen atoms in total. The summed E-state index contributed by atoms with van der Waals surface area (Å²) in [4.78, 5) is 73.0. The normalized spacial score (nSPS) is 14.6. The van der Waals surface area contributed by atoms with Crippen LogP contribution in [0.2, 0.25) is 0 Å². The largest absolute Gasteiger partial charge is 0.472 e. The molecule has 0 bridgehead atoms. The van der Waals surface area contributed by atoms with Crippen LogP contribution < -0.4 is 0 Å². The lowest BCUT2D eigenvalue weighted by Crippen LogP contribution is -2.30. The maximum Gasteiger partial charge on any atom is 0.472 e. The summed E-state index contributed by atoms with van der Waals surface area (Å²) in [6.45, 7) is 4.57. The molecule has 5 atom stereocenters. The van der Waals surface area contributed by atoms with Crippen LogP contribution in [-0.2, 0) is 65.4 Å². The van der Waals surface area contributed by atoms with Crippen LogP contribution in [0.25, 0.3) is 0 Å². The van der Waals surface area contributed by atoms with Gasteiger partial charge in [0.15, 0.2) is 12.2 Å². The van der Waals surface area contributed by atoms with Crippen LogP contribution in [0.1, 0.15) is 323 Å². The summed E-state index contributed by atoms with van der Waals surface area (Å²) >= 11 is 0. The minimum Gasteiger partial charge on any atom is -0.462 e. The zero-order valence-corrected chi connectivity index (χ0v) is 68.1. The van der Waals surface area contributed by atoms with E-state index in [9.17, 15) is 43.2 Å². The predicted molar refractivity (Wildman–Crippen MR) is 436 cm³/mol. The predicted octanol–water partition coefficient (Wildman–Crippen LogP) is 24.2. The lowest BCUT2D eigenvalue weighted by atomic mass is 10.1. The highest BCUT2D eigenvalue weighted by Gasteiger charge is 2.30. The second-order valence-electron chi connectivity index (χ2n) is 27.0. The van der Waals surface area contributed by atoms with E-state index in [-0.39, 0.29) is 25.7 Å². The quantitative estimate of drug-likeness (QED) is 0.0169. The number of allylic oxidation sites excluding steroid dienone is 24. The third-order valence-corrected chi connectivity index (χ3v) is 18.7. The Hall–Kier alpha value is -5.06. The SMILES string of the molecule is CC/C=C\C/C=C\C/C=C\C/C=C\C/C=C\C/C=C\CCC(=O)O[C@H](COC(=O)CCCCCCCCC/C=C\CCCCCC)COP(=O)(O)OC[C@H](O)COP(=O)(O)OC[C@@H](COC(=O)CCCCCCC/C=C\CCCCCCCC)OC(=O)CCC/C=C\C/C=C\C/C=C\C/C=C\CCCCC. The first-order valence-corrected chi connectivity index (χ1v) is 44.1. The van der Waals surface area contributed by atoms with Crippen molar-refractivity contribution in [3.63, 3.8) is 0 Å². The van der Waals surface area contributed by atoms with Gasteiger partial charge in [-0.25, -0.2) is 9.13 Å². The first-order valence-electron chi connectivity index (χ1n) is 41.1. The Morgan fingerprint density at radius 3 is 0.877 bits per heavy atom. The number of ether oxygens (including phenoxy) is 4. The fourth-order valence-electron chi connectivity index (χ4n) is 10.5. The van der Waals surface area contributed by atoms with Gasteiger partial charge >= 0.3 is 39.5 Å². The van der Waals surface area contributed by atoms with Crippen molar-refractivity contribution in [3.05, 3.63) is 146 Å². The molecule has 0 aliphatic rings. The summed E-state index contributed by atoms with van der Waals surface area (Å²) < 4.78 is 68.5. The molecule has 0 aliphatic carbocycles. The van der Waals surface area contributed by atoms with Gasteiger partial charge in [-0.15, -0.1) is 0 Å². The minimum absolute atomic E-state index is 0.0126. The summed E-state index contributed by atoms with van der Waals surface area (Å²) in [6, 6.07) is 0. The van der Waals surface area contributed by atoms with Gasteiger partial charge in [0, 0.05) is 25.7 Å². The monoisotopic (exact) mass is 1530 g/mol. The maximum atomic E-state index is 13.1. The highest BCUT2D eigenvalue weighted by molar-refractivity contribution is 7.47. The summed E-state index contributed by atoms with van der Waals surface area (Å²) in [5.41, 5.74) is 0. The average molecular weight is 1530 g/mol. The molecule has 606 valence electrons. The summed E-state index contributed by atoms with van der Waals surface area (Å²) in [5, 5.41) is 10.6. The van der Waals surface area contributed by atoms with Gasteiger partial charge in [0.2, 0.25) is 0 Å². The molecular weight excluding hydrogens is 1380 g/mol. The molecule has 2 unspecified atom stereocenters. The van der Waals surface area contributed by atoms with E-state index in [1.54, 1.807) is 0 Å². The lowest BCUT2D eigenvalue weighted by molar-refractivity contribution is -0.161. The number of hydrogen-bond donors (Lipinski definition) is 3. The van der Waals surface area contributed by atoms with Crippen LogP contribution in [0.4, 0.5) is 0 Å². The van der Waals surface area contributed by atoms with Crippen LogP contribution in [0.15, 0.2) is 146 Å². The Morgan fingerprint density at radius 1 is 0.274 bits per heavy atom. The molecule has 0 spiro atoms. The highest BCUT2D eigenvalue weighted by atomic mass is 31.2. The third kappa shape index (κ3) is 77.1. The number of hydrogen-bond acceptors (Lipinski definition) is 15. The number of aliphatic hydroxyl groups is 1. The molecule has 0 aromatic rings. The van der Waals surface area contributed by atoms with Crippen molar-refractivity contribution >= 4 is 39.5 Å². The Labute approximate surface area is 643 Å². The molecule has 0 saturated carbocycles. The van der Waals surface area contributed by atoms with Gasteiger partial charge in [-0.1, -0.05) is 289 Å². The van der Waals surface area contributed by atoms with Gasteiger partial charge in [0.25, 0.3) is 0 Å². The zero-order valence-electron chi connectivity index (χ0n) is 66.3. The zero-order chi connectivity index (χ0) is 77.4. The molecule has 0 fully saturated rings. The van der Waals surface area contributed by atoms with Crippen LogP contribution >= 0.6 is 15.6 Å². The molecule has 0 heterocycles. The number of phosphoric ester groups is 2. The number of carbonyl (C=O) groups excluding carboxylic acids is 4. The number of carbonyl (C=O) groups is 4. The Bertz CT molecular complexity index is 2580. The van der Waals surface area contributed by atoms with Crippen molar-refractivity contribution < 1.29 is 80.2 Å². The van der Waals surface area contributed by atoms with Gasteiger partial charge in [0.1, 0.15) is 19.3 Å². The summed E-state index contributed by atoms with van der Waals surface area (Å²) in [7, 11) is -10.0. The van der Waals surface area contributed by atoms with Crippen molar-refractivity contribution in [2.75, 3.05) is 39.6 Å². The van der Waals surface area contributed by atoms with E-state index in [1.165, 1.54) is 83.5 Å². The van der Waals surface area contributed by atoms with E-state index in [0.29, 0.717) is 38.5 Å². The minimum atomic E-state index is -5.01. The van der Waals surface area contributed by atoms with Gasteiger partial charge in [-0.05, 0) is 154 Å². The molecule has 0 rings (SSSR count). The first kappa shape index (κ1) is 101. The van der Waals surface area contributed by atoms with E-state index in [4.69, 9.17) is 37.0 Å². The first-order chi connectivity index (χ1) is 51.7. The Balaban J connectivity index is 5.50. The van der Waals surface area contributed by atoms with E-state index >= 15 is 0 Å². The molecule has 106 heavy (non-hydrogen) atoms. The molecule has 0 radical (unpaired) electrons. The summed E-state index contributed by atoms with van der Waals surface area (Å²) in [5.74, 6) is -2.35. The van der Waals surface area contributed by atoms with Crippen molar-refractivity contribution in [3.8, 4) is 0 Å². The maximum absolute atomic E-state index is 13.1. The fraction of sp³-hybridized carbons (Fsp3) is 0.678. The topological polar surface area (TPSA) is 237 Å². The smallest absolute Gasteiger partial charge is 0.462 e. The second kappa shape index (κ2) is 78.1. The third-order valence-electron chi connectivity index (χ3n) is 16.8. The van der Waals surface area contributed by atoms with Crippen molar-refractivity contribution in [2.24, 2.45) is 0 Å².